The average Bonchev–Trinajstić information content (AvgIpc) is 2.04. The van der Waals surface area contributed by atoms with Crippen molar-refractivity contribution in [3.63, 3.8) is 0 Å². The fourth-order valence-electron chi connectivity index (χ4n) is 0.610. The summed E-state index contributed by atoms with van der Waals surface area (Å²) in [5.41, 5.74) is 0. The smallest absolute Gasteiger partial charge is 0.330 e. The monoisotopic (exact) mass is 172 g/mol. The predicted molar refractivity (Wildman–Crippen MR) is 48.7 cm³/mol. The van der Waals surface area contributed by atoms with E-state index in [1.54, 1.807) is 0 Å². The fourth-order valence-corrected chi connectivity index (χ4v) is 0.610. The van der Waals surface area contributed by atoms with Crippen molar-refractivity contribution in [1.29, 1.82) is 0 Å². The second kappa shape index (κ2) is 4.93. The Labute approximate surface area is 74.2 Å². The maximum Gasteiger partial charge on any atom is 0.330 e. The van der Waals surface area contributed by atoms with Crippen LogP contribution in [0.5, 0.6) is 0 Å². The number of carbonyl (C=O) groups is 1. The Morgan fingerprint density at radius 2 is 2.17 bits per heavy atom. The lowest BCUT2D eigenvalue weighted by Crippen LogP contribution is -2.42. The van der Waals surface area contributed by atoms with E-state index >= 15 is 0 Å². The molecular formula is C9H18NO2+. The summed E-state index contributed by atoms with van der Waals surface area (Å²) in [6.07, 6.45) is 1.19. The van der Waals surface area contributed by atoms with Gasteiger partial charge in [0.1, 0.15) is 13.2 Å². The van der Waals surface area contributed by atoms with Gasteiger partial charge in [-0.3, -0.25) is 0 Å². The summed E-state index contributed by atoms with van der Waals surface area (Å²) in [7, 11) is 4.20. The van der Waals surface area contributed by atoms with Crippen LogP contribution < -0.4 is 0 Å². The van der Waals surface area contributed by atoms with E-state index in [4.69, 9.17) is 4.74 Å². The molecule has 0 aliphatic carbocycles. The van der Waals surface area contributed by atoms with E-state index in [1.807, 2.05) is 0 Å². The normalized spacial score (nSPS) is 10.9. The Hall–Kier alpha value is -0.830. The van der Waals surface area contributed by atoms with Gasteiger partial charge in [-0.05, 0) is 6.92 Å². The van der Waals surface area contributed by atoms with Gasteiger partial charge < -0.3 is 9.22 Å². The van der Waals surface area contributed by atoms with Gasteiger partial charge in [0.25, 0.3) is 0 Å². The summed E-state index contributed by atoms with van der Waals surface area (Å²) in [6, 6.07) is 0. The third-order valence-corrected chi connectivity index (χ3v) is 1.96. The molecule has 0 spiro atoms. The van der Waals surface area contributed by atoms with Gasteiger partial charge in [-0.25, -0.2) is 4.79 Å². The summed E-state index contributed by atoms with van der Waals surface area (Å²) in [6.45, 7) is 7.76. The van der Waals surface area contributed by atoms with E-state index in [-0.39, 0.29) is 5.97 Å². The molecule has 0 aromatic heterocycles. The Kier molecular flexibility index (Phi) is 4.59. The van der Waals surface area contributed by atoms with Crippen LogP contribution in [0.15, 0.2) is 12.7 Å². The molecule has 0 saturated heterocycles. The molecule has 0 rings (SSSR count). The lowest BCUT2D eigenvalue weighted by molar-refractivity contribution is -0.888. The molecular weight excluding hydrogens is 154 g/mol. The molecule has 0 N–H and O–H groups in total. The SMILES string of the molecule is C=CC(=O)OCC[N+](C)(C)CC. The highest BCUT2D eigenvalue weighted by molar-refractivity contribution is 5.81. The summed E-state index contributed by atoms with van der Waals surface area (Å²) in [5.74, 6) is -0.342. The molecule has 0 heterocycles. The van der Waals surface area contributed by atoms with E-state index in [2.05, 4.69) is 27.6 Å². The van der Waals surface area contributed by atoms with Crippen LogP contribution in [0, 0.1) is 0 Å². The van der Waals surface area contributed by atoms with Crippen LogP contribution >= 0.6 is 0 Å². The molecule has 3 heteroatoms. The Morgan fingerprint density at radius 1 is 1.58 bits per heavy atom. The largest absolute Gasteiger partial charge is 0.457 e. The maximum absolute atomic E-state index is 10.6. The standard InChI is InChI=1S/C9H18NO2/c1-5-9(11)12-8-7-10(3,4)6-2/h5H,1,6-8H2,2-4H3/q+1. The average molecular weight is 172 g/mol. The van der Waals surface area contributed by atoms with E-state index in [1.165, 1.54) is 6.08 Å². The van der Waals surface area contributed by atoms with E-state index in [0.29, 0.717) is 6.61 Å². The van der Waals surface area contributed by atoms with Crippen molar-refractivity contribution >= 4 is 5.97 Å². The Morgan fingerprint density at radius 3 is 2.58 bits per heavy atom. The lowest BCUT2D eigenvalue weighted by atomic mass is 10.4. The van der Waals surface area contributed by atoms with Crippen molar-refractivity contribution in [2.75, 3.05) is 33.8 Å². The first-order valence-corrected chi connectivity index (χ1v) is 4.13. The van der Waals surface area contributed by atoms with Gasteiger partial charge in [0.2, 0.25) is 0 Å². The summed E-state index contributed by atoms with van der Waals surface area (Å²) in [5, 5.41) is 0. The number of hydrogen-bond acceptors (Lipinski definition) is 2. The molecule has 0 aliphatic rings. The zero-order chi connectivity index (χ0) is 9.61. The van der Waals surface area contributed by atoms with Gasteiger partial charge >= 0.3 is 5.97 Å². The van der Waals surface area contributed by atoms with E-state index in [0.717, 1.165) is 17.6 Å². The van der Waals surface area contributed by atoms with Crippen LogP contribution in [-0.2, 0) is 9.53 Å². The topological polar surface area (TPSA) is 26.3 Å². The first kappa shape index (κ1) is 11.2. The van der Waals surface area contributed by atoms with E-state index < -0.39 is 0 Å². The van der Waals surface area contributed by atoms with Crippen molar-refractivity contribution < 1.29 is 14.0 Å². The number of likely N-dealkylation sites (N-methyl/N-ethyl adjacent to an activating group) is 1. The van der Waals surface area contributed by atoms with Crippen LogP contribution in [0.1, 0.15) is 6.92 Å². The molecule has 0 atom stereocenters. The number of nitrogens with zero attached hydrogens (tertiary/aromatic N) is 1. The van der Waals surface area contributed by atoms with Gasteiger partial charge in [-0.1, -0.05) is 6.58 Å². The predicted octanol–water partition coefficient (Wildman–Crippen LogP) is 0.812. The van der Waals surface area contributed by atoms with Crippen molar-refractivity contribution in [3.05, 3.63) is 12.7 Å². The van der Waals surface area contributed by atoms with Crippen LogP contribution in [0.3, 0.4) is 0 Å². The fraction of sp³-hybridized carbons (Fsp3) is 0.667. The first-order chi connectivity index (χ1) is 5.52. The Balaban J connectivity index is 3.56. The minimum absolute atomic E-state index is 0.342. The van der Waals surface area contributed by atoms with Crippen molar-refractivity contribution in [2.24, 2.45) is 0 Å². The van der Waals surface area contributed by atoms with Crippen LogP contribution in [-0.4, -0.2) is 44.2 Å². The second-order valence-electron chi connectivity index (χ2n) is 3.35. The number of rotatable bonds is 5. The quantitative estimate of drug-likeness (QED) is 0.348. The minimum Gasteiger partial charge on any atom is -0.457 e. The zero-order valence-corrected chi connectivity index (χ0v) is 8.17. The molecule has 0 saturated carbocycles. The van der Waals surface area contributed by atoms with Crippen LogP contribution in [0.4, 0.5) is 0 Å². The first-order valence-electron chi connectivity index (χ1n) is 4.13. The highest BCUT2D eigenvalue weighted by atomic mass is 16.5. The number of hydrogen-bond donors (Lipinski definition) is 0. The maximum atomic E-state index is 10.6. The molecule has 0 radical (unpaired) electrons. The molecule has 3 nitrogen and oxygen atoms in total. The van der Waals surface area contributed by atoms with Crippen LogP contribution in [0.25, 0.3) is 0 Å². The molecule has 0 fully saturated rings. The van der Waals surface area contributed by atoms with Gasteiger partial charge in [-0.15, -0.1) is 0 Å². The van der Waals surface area contributed by atoms with Crippen molar-refractivity contribution in [2.45, 2.75) is 6.92 Å². The highest BCUT2D eigenvalue weighted by Gasteiger charge is 2.11. The lowest BCUT2D eigenvalue weighted by Gasteiger charge is -2.27. The zero-order valence-electron chi connectivity index (χ0n) is 8.17. The number of carbonyl (C=O) groups excluding carboxylic acids is 1. The summed E-state index contributed by atoms with van der Waals surface area (Å²) in [4.78, 5) is 10.6. The molecule has 0 aromatic carbocycles. The molecule has 0 amide bonds. The third-order valence-electron chi connectivity index (χ3n) is 1.96. The van der Waals surface area contributed by atoms with Gasteiger partial charge in [0, 0.05) is 6.08 Å². The highest BCUT2D eigenvalue weighted by Crippen LogP contribution is 1.95. The second-order valence-corrected chi connectivity index (χ2v) is 3.35. The molecule has 12 heavy (non-hydrogen) atoms. The molecule has 0 aromatic rings. The molecule has 0 bridgehead atoms. The number of ether oxygens (including phenoxy) is 1. The van der Waals surface area contributed by atoms with Crippen molar-refractivity contribution in [1.82, 2.24) is 0 Å². The number of quaternary nitrogens is 1. The van der Waals surface area contributed by atoms with Gasteiger partial charge in [0.05, 0.1) is 20.6 Å². The summed E-state index contributed by atoms with van der Waals surface area (Å²) < 4.78 is 5.72. The Bertz CT molecular complexity index is 164. The molecule has 0 aliphatic heterocycles. The minimum atomic E-state index is -0.342. The van der Waals surface area contributed by atoms with Crippen molar-refractivity contribution in [3.8, 4) is 0 Å². The molecule has 0 unspecified atom stereocenters. The third kappa shape index (κ3) is 4.91. The number of esters is 1. The van der Waals surface area contributed by atoms with E-state index in [9.17, 15) is 4.79 Å². The summed E-state index contributed by atoms with van der Waals surface area (Å²) >= 11 is 0. The van der Waals surface area contributed by atoms with Gasteiger partial charge in [0.15, 0.2) is 0 Å². The van der Waals surface area contributed by atoms with Crippen LogP contribution in [0.2, 0.25) is 0 Å². The van der Waals surface area contributed by atoms with Gasteiger partial charge in [-0.2, -0.15) is 0 Å². The molecule has 70 valence electrons.